The number of likely N-dealkylation sites (N-methyl/N-ethyl adjacent to an activating group) is 1. The first kappa shape index (κ1) is 27.9. The van der Waals surface area contributed by atoms with Gasteiger partial charge in [0.2, 0.25) is 20.0 Å². The second-order valence-electron chi connectivity index (χ2n) is 10.8. The summed E-state index contributed by atoms with van der Waals surface area (Å²) >= 11 is 6.01. The Balaban J connectivity index is 1.55. The van der Waals surface area contributed by atoms with E-state index in [1.165, 1.54) is 45.0 Å². The van der Waals surface area contributed by atoms with Crippen molar-refractivity contribution in [2.24, 2.45) is 5.41 Å². The van der Waals surface area contributed by atoms with E-state index in [1.54, 1.807) is 0 Å². The Bertz CT molecular complexity index is 1370. The van der Waals surface area contributed by atoms with Gasteiger partial charge in [0, 0.05) is 48.7 Å². The van der Waals surface area contributed by atoms with Gasteiger partial charge in [-0.3, -0.25) is 0 Å². The van der Waals surface area contributed by atoms with E-state index in [0.717, 1.165) is 6.07 Å². The van der Waals surface area contributed by atoms with Gasteiger partial charge >= 0.3 is 0 Å². The highest BCUT2D eigenvalue weighted by Gasteiger charge is 2.58. The van der Waals surface area contributed by atoms with Gasteiger partial charge in [-0.25, -0.2) is 25.6 Å². The zero-order valence-corrected chi connectivity index (χ0v) is 23.6. The number of sulfonamides is 2. The van der Waals surface area contributed by atoms with Crippen LogP contribution in [-0.2, 0) is 20.0 Å². The van der Waals surface area contributed by atoms with Crippen molar-refractivity contribution in [1.29, 1.82) is 0 Å². The van der Waals surface area contributed by atoms with Crippen LogP contribution >= 0.6 is 11.6 Å². The molecule has 2 atom stereocenters. The second kappa shape index (κ2) is 10.4. The number of hydrogen-bond donors (Lipinski definition) is 0. The van der Waals surface area contributed by atoms with Gasteiger partial charge in [0.1, 0.15) is 11.6 Å². The summed E-state index contributed by atoms with van der Waals surface area (Å²) in [4.78, 5) is 2.08. The molecule has 12 heteroatoms. The lowest BCUT2D eigenvalue weighted by Gasteiger charge is -2.45. The molecule has 0 spiro atoms. The van der Waals surface area contributed by atoms with E-state index in [1.807, 2.05) is 7.05 Å². The quantitative estimate of drug-likeness (QED) is 0.484. The third kappa shape index (κ3) is 5.51. The van der Waals surface area contributed by atoms with E-state index >= 15 is 0 Å². The van der Waals surface area contributed by atoms with E-state index in [9.17, 15) is 25.6 Å². The summed E-state index contributed by atoms with van der Waals surface area (Å²) in [5, 5.41) is 0.375. The summed E-state index contributed by atoms with van der Waals surface area (Å²) in [7, 11) is -5.86. The smallest absolute Gasteiger partial charge is 0.243 e. The fraction of sp³-hybridized carbons (Fsp3) is 0.538. The van der Waals surface area contributed by atoms with Crippen LogP contribution in [0.5, 0.6) is 0 Å². The van der Waals surface area contributed by atoms with Crippen molar-refractivity contribution in [3.05, 3.63) is 64.7 Å². The van der Waals surface area contributed by atoms with Crippen molar-refractivity contribution in [2.75, 3.05) is 39.0 Å². The summed E-state index contributed by atoms with van der Waals surface area (Å²) in [6.45, 7) is 2.08. The molecule has 2 aromatic rings. The lowest BCUT2D eigenvalue weighted by molar-refractivity contribution is 0.125. The second-order valence-corrected chi connectivity index (χ2v) is 15.0. The maximum Gasteiger partial charge on any atom is 0.243 e. The molecule has 2 saturated heterocycles. The largest absolute Gasteiger partial charge is 0.304 e. The zero-order valence-electron chi connectivity index (χ0n) is 21.2. The Hall–Kier alpha value is -1.63. The molecule has 2 aromatic carbocycles. The fourth-order valence-electron chi connectivity index (χ4n) is 5.95. The van der Waals surface area contributed by atoms with Crippen LogP contribution in [0.1, 0.15) is 43.7 Å². The molecule has 0 aromatic heterocycles. The monoisotopic (exact) mass is 587 g/mol. The third-order valence-corrected chi connectivity index (χ3v) is 12.4. The summed E-state index contributed by atoms with van der Waals surface area (Å²) in [5.74, 6) is -1.72. The fourth-order valence-corrected chi connectivity index (χ4v) is 10.1. The highest BCUT2D eigenvalue weighted by Crippen LogP contribution is 2.57. The number of hydrogen-bond acceptors (Lipinski definition) is 5. The molecule has 0 bridgehead atoms. The number of piperazine rings is 1. The molecule has 2 unspecified atom stereocenters. The predicted molar refractivity (Wildman–Crippen MR) is 142 cm³/mol. The van der Waals surface area contributed by atoms with E-state index in [4.69, 9.17) is 11.6 Å². The minimum atomic E-state index is -4.17. The van der Waals surface area contributed by atoms with Gasteiger partial charge in [0.05, 0.1) is 16.7 Å². The van der Waals surface area contributed by atoms with Crippen LogP contribution in [0.2, 0.25) is 5.02 Å². The zero-order chi connectivity index (χ0) is 27.3. The van der Waals surface area contributed by atoms with E-state index < -0.39 is 49.2 Å². The van der Waals surface area contributed by atoms with Gasteiger partial charge < -0.3 is 4.90 Å². The maximum absolute atomic E-state index is 14.3. The van der Waals surface area contributed by atoms with Gasteiger partial charge in [0.25, 0.3) is 0 Å². The number of nitrogens with zero attached hydrogens (tertiary/aromatic N) is 3. The van der Waals surface area contributed by atoms with Gasteiger partial charge in [-0.2, -0.15) is 8.61 Å². The summed E-state index contributed by atoms with van der Waals surface area (Å²) < 4.78 is 86.8. The standard InChI is InChI=1S/C26H32ClF2N3O4S2/c1-30-11-13-31(14-12-30)37(33,34)18-26(9-10-26)25-4-2-3-24(19-15-21(28)17-22(29)16-19)32(25)38(35,36)23-7-5-20(27)6-8-23/h5-8,15-17,24-25H,2-4,9-14,18H2,1H3. The molecule has 2 aliphatic heterocycles. The number of benzene rings is 2. The average Bonchev–Trinajstić information content (AvgIpc) is 3.63. The van der Waals surface area contributed by atoms with Crippen molar-refractivity contribution >= 4 is 31.6 Å². The molecule has 0 amide bonds. The van der Waals surface area contributed by atoms with Crippen molar-refractivity contribution < 1.29 is 25.6 Å². The number of rotatable bonds is 7. The molecule has 3 aliphatic rings. The van der Waals surface area contributed by atoms with Gasteiger partial charge in [-0.05, 0) is 81.1 Å². The summed E-state index contributed by atoms with van der Waals surface area (Å²) in [6.07, 6.45) is 2.59. The minimum Gasteiger partial charge on any atom is -0.304 e. The molecule has 38 heavy (non-hydrogen) atoms. The SMILES string of the molecule is CN1CCN(S(=O)(=O)CC2(C3CCCC(c4cc(F)cc(F)c4)N3S(=O)(=O)c3ccc(Cl)cc3)CC2)CC1. The predicted octanol–water partition coefficient (Wildman–Crippen LogP) is 4.26. The van der Waals surface area contributed by atoms with Crippen molar-refractivity contribution in [3.63, 3.8) is 0 Å². The normalized spacial score (nSPS) is 25.4. The van der Waals surface area contributed by atoms with Crippen LogP contribution in [0, 0.1) is 17.0 Å². The first-order valence-corrected chi connectivity index (χ1v) is 16.3. The molecular formula is C26H32ClF2N3O4S2. The Labute approximate surface area is 228 Å². The summed E-state index contributed by atoms with van der Waals surface area (Å²) in [6, 6.07) is 7.41. The maximum atomic E-state index is 14.3. The van der Waals surface area contributed by atoms with Gasteiger partial charge in [-0.1, -0.05) is 11.6 Å². The highest BCUT2D eigenvalue weighted by atomic mass is 35.5. The van der Waals surface area contributed by atoms with Crippen LogP contribution in [0.3, 0.4) is 0 Å². The Morgan fingerprint density at radius 1 is 0.921 bits per heavy atom. The number of halogens is 3. The molecule has 2 heterocycles. The molecule has 208 valence electrons. The van der Waals surface area contributed by atoms with Crippen LogP contribution in [-0.4, -0.2) is 75.4 Å². The minimum absolute atomic E-state index is 0.00778. The van der Waals surface area contributed by atoms with E-state index in [2.05, 4.69) is 4.90 Å². The highest BCUT2D eigenvalue weighted by molar-refractivity contribution is 7.89. The van der Waals surface area contributed by atoms with E-state index in [0.29, 0.717) is 63.3 Å². The molecule has 0 N–H and O–H groups in total. The average molecular weight is 588 g/mol. The van der Waals surface area contributed by atoms with Crippen LogP contribution in [0.25, 0.3) is 0 Å². The van der Waals surface area contributed by atoms with Crippen molar-refractivity contribution in [1.82, 2.24) is 13.5 Å². The lowest BCUT2D eigenvalue weighted by atomic mass is 9.86. The topological polar surface area (TPSA) is 78.0 Å². The van der Waals surface area contributed by atoms with Gasteiger partial charge in [-0.15, -0.1) is 0 Å². The van der Waals surface area contributed by atoms with Crippen molar-refractivity contribution in [3.8, 4) is 0 Å². The Morgan fingerprint density at radius 3 is 2.11 bits per heavy atom. The molecule has 0 radical (unpaired) electrons. The summed E-state index contributed by atoms with van der Waals surface area (Å²) in [5.41, 5.74) is -0.533. The number of piperidine rings is 1. The molecular weight excluding hydrogens is 556 g/mol. The molecule has 5 rings (SSSR count). The molecule has 1 saturated carbocycles. The first-order chi connectivity index (χ1) is 17.9. The Morgan fingerprint density at radius 2 is 1.53 bits per heavy atom. The Kier molecular flexibility index (Phi) is 7.64. The third-order valence-electron chi connectivity index (χ3n) is 8.15. The molecule has 1 aliphatic carbocycles. The molecule has 3 fully saturated rings. The van der Waals surface area contributed by atoms with Gasteiger partial charge in [0.15, 0.2) is 0 Å². The van der Waals surface area contributed by atoms with E-state index in [-0.39, 0.29) is 16.2 Å². The van der Waals surface area contributed by atoms with Crippen molar-refractivity contribution in [2.45, 2.75) is 49.1 Å². The van der Waals surface area contributed by atoms with Crippen LogP contribution in [0.4, 0.5) is 8.78 Å². The lowest BCUT2D eigenvalue weighted by Crippen LogP contribution is -2.53. The molecule has 7 nitrogen and oxygen atoms in total. The first-order valence-electron chi connectivity index (χ1n) is 12.8. The van der Waals surface area contributed by atoms with Crippen LogP contribution in [0.15, 0.2) is 47.4 Å². The van der Waals surface area contributed by atoms with Crippen LogP contribution < -0.4 is 0 Å².